The van der Waals surface area contributed by atoms with Crippen LogP contribution in [-0.2, 0) is 11.3 Å². The number of phenolic OH excluding ortho intramolecular Hbond substituents is 1. The van der Waals surface area contributed by atoms with E-state index in [1.54, 1.807) is 38.5 Å². The number of aromatic hydroxyl groups is 1. The van der Waals surface area contributed by atoms with E-state index in [0.29, 0.717) is 0 Å². The molecule has 0 aromatic heterocycles. The van der Waals surface area contributed by atoms with Gasteiger partial charge in [0.05, 0.1) is 6.61 Å². The van der Waals surface area contributed by atoms with Crippen LogP contribution in [0.1, 0.15) is 13.0 Å². The maximum absolute atomic E-state index is 8.77. The fourth-order valence-corrected chi connectivity index (χ4v) is 0.601. The third-order valence-corrected chi connectivity index (χ3v) is 1.12. The Bertz CT molecular complexity index is 194. The highest BCUT2D eigenvalue weighted by Gasteiger charge is 1.87. The Morgan fingerprint density at radius 2 is 1.54 bits per heavy atom. The van der Waals surface area contributed by atoms with Gasteiger partial charge >= 0.3 is 0 Å². The normalized spacial score (nSPS) is 7.92. The van der Waals surface area contributed by atoms with Gasteiger partial charge in [-0.1, -0.05) is 19.6 Å². The molecule has 1 aromatic carbocycles. The molecule has 1 rings (SSSR count). The monoisotopic (exact) mass is 186 g/mol. The number of ether oxygens (including phenoxy) is 1. The molecule has 13 heavy (non-hydrogen) atoms. The van der Waals surface area contributed by atoms with E-state index in [2.05, 4.69) is 4.74 Å². The van der Waals surface area contributed by atoms with E-state index in [-0.39, 0.29) is 19.8 Å². The molecule has 0 aliphatic rings. The van der Waals surface area contributed by atoms with E-state index in [1.807, 2.05) is 0 Å². The van der Waals surface area contributed by atoms with Gasteiger partial charge in [0.25, 0.3) is 0 Å². The number of aliphatic hydroxyl groups is 1. The number of aliphatic hydroxyl groups excluding tert-OH is 1. The van der Waals surface area contributed by atoms with Gasteiger partial charge in [0.15, 0.2) is 0 Å². The lowest BCUT2D eigenvalue weighted by atomic mass is 10.2. The minimum atomic E-state index is 0. The Balaban J connectivity index is 0. The maximum Gasteiger partial charge on any atom is 0.115 e. The van der Waals surface area contributed by atoms with Crippen molar-refractivity contribution in [3.8, 4) is 5.75 Å². The quantitative estimate of drug-likeness (QED) is 0.703. The van der Waals surface area contributed by atoms with Crippen LogP contribution in [0.4, 0.5) is 0 Å². The van der Waals surface area contributed by atoms with Gasteiger partial charge in [-0.25, -0.2) is 0 Å². The number of rotatable bonds is 1. The van der Waals surface area contributed by atoms with E-state index in [9.17, 15) is 0 Å². The summed E-state index contributed by atoms with van der Waals surface area (Å²) in [7, 11) is 3.25. The molecule has 0 atom stereocenters. The lowest BCUT2D eigenvalue weighted by Crippen LogP contribution is -1.78. The van der Waals surface area contributed by atoms with E-state index < -0.39 is 0 Å². The number of hydrogen-bond acceptors (Lipinski definition) is 3. The highest BCUT2D eigenvalue weighted by Crippen LogP contribution is 2.08. The second-order valence-corrected chi connectivity index (χ2v) is 2.23. The molecule has 0 spiro atoms. The van der Waals surface area contributed by atoms with Gasteiger partial charge in [0.1, 0.15) is 5.75 Å². The summed E-state index contributed by atoms with van der Waals surface area (Å²) >= 11 is 0. The fraction of sp³-hybridized carbons (Fsp3) is 0.400. The molecule has 0 saturated carbocycles. The summed E-state index contributed by atoms with van der Waals surface area (Å²) in [5.74, 6) is 0.229. The molecular formula is C10H18O3. The van der Waals surface area contributed by atoms with Crippen molar-refractivity contribution in [1.82, 2.24) is 0 Å². The van der Waals surface area contributed by atoms with E-state index in [1.165, 1.54) is 0 Å². The summed E-state index contributed by atoms with van der Waals surface area (Å²) in [6.45, 7) is 0.0281. The fourth-order valence-electron chi connectivity index (χ4n) is 0.601. The molecule has 3 heteroatoms. The third-order valence-electron chi connectivity index (χ3n) is 1.12. The number of phenols is 1. The smallest absolute Gasteiger partial charge is 0.115 e. The molecule has 0 unspecified atom stereocenters. The summed E-state index contributed by atoms with van der Waals surface area (Å²) in [6, 6.07) is 6.45. The predicted octanol–water partition coefficient (Wildman–Crippen LogP) is 1.78. The highest BCUT2D eigenvalue weighted by molar-refractivity contribution is 5.25. The Kier molecular flexibility index (Phi) is 10.0. The SMILES string of the molecule is C.COC.OCc1ccc(O)cc1. The average Bonchev–Trinajstić information content (AvgIpc) is 2.07. The van der Waals surface area contributed by atoms with Crippen molar-refractivity contribution >= 4 is 0 Å². The molecule has 0 amide bonds. The minimum absolute atomic E-state index is 0. The van der Waals surface area contributed by atoms with E-state index >= 15 is 0 Å². The topological polar surface area (TPSA) is 49.7 Å². The Hall–Kier alpha value is -1.06. The summed E-state index contributed by atoms with van der Waals surface area (Å²) in [5.41, 5.74) is 0.813. The van der Waals surface area contributed by atoms with Gasteiger partial charge < -0.3 is 14.9 Å². The van der Waals surface area contributed by atoms with Crippen molar-refractivity contribution in [2.45, 2.75) is 14.0 Å². The molecule has 0 saturated heterocycles. The Labute approximate surface area is 79.6 Å². The highest BCUT2D eigenvalue weighted by atomic mass is 16.4. The van der Waals surface area contributed by atoms with E-state index in [4.69, 9.17) is 10.2 Å². The molecule has 0 radical (unpaired) electrons. The molecule has 0 aliphatic heterocycles. The first kappa shape index (κ1) is 14.5. The van der Waals surface area contributed by atoms with Crippen molar-refractivity contribution in [2.24, 2.45) is 0 Å². The first-order chi connectivity index (χ1) is 5.74. The third kappa shape index (κ3) is 7.31. The largest absolute Gasteiger partial charge is 0.508 e. The van der Waals surface area contributed by atoms with Crippen LogP contribution in [0.3, 0.4) is 0 Å². The van der Waals surface area contributed by atoms with Crippen molar-refractivity contribution in [3.63, 3.8) is 0 Å². The molecule has 0 fully saturated rings. The summed E-state index contributed by atoms with van der Waals surface area (Å²) < 4.78 is 4.25. The molecule has 76 valence electrons. The number of hydrogen-bond donors (Lipinski definition) is 2. The first-order valence-corrected chi connectivity index (χ1v) is 3.53. The van der Waals surface area contributed by atoms with Gasteiger partial charge in [-0.3, -0.25) is 0 Å². The second-order valence-electron chi connectivity index (χ2n) is 2.23. The average molecular weight is 186 g/mol. The van der Waals surface area contributed by atoms with Crippen LogP contribution < -0.4 is 0 Å². The summed E-state index contributed by atoms with van der Waals surface area (Å²) in [5, 5.41) is 17.3. The van der Waals surface area contributed by atoms with Crippen LogP contribution in [0.25, 0.3) is 0 Å². The first-order valence-electron chi connectivity index (χ1n) is 3.53. The lowest BCUT2D eigenvalue weighted by molar-refractivity contribution is 0.277. The maximum atomic E-state index is 8.77. The van der Waals surface area contributed by atoms with Crippen LogP contribution in [0.5, 0.6) is 5.75 Å². The van der Waals surface area contributed by atoms with Crippen LogP contribution >= 0.6 is 0 Å². The molecule has 1 aromatic rings. The van der Waals surface area contributed by atoms with Gasteiger partial charge in [-0.05, 0) is 17.7 Å². The Morgan fingerprint density at radius 1 is 1.15 bits per heavy atom. The van der Waals surface area contributed by atoms with Crippen LogP contribution in [0.2, 0.25) is 0 Å². The van der Waals surface area contributed by atoms with Crippen molar-refractivity contribution in [2.75, 3.05) is 14.2 Å². The zero-order valence-electron chi connectivity index (χ0n) is 7.32. The number of benzene rings is 1. The predicted molar refractivity (Wildman–Crippen MR) is 53.7 cm³/mol. The van der Waals surface area contributed by atoms with E-state index in [0.717, 1.165) is 5.56 Å². The van der Waals surface area contributed by atoms with Crippen molar-refractivity contribution in [3.05, 3.63) is 29.8 Å². The molecule has 0 heterocycles. The molecule has 2 N–H and O–H groups in total. The van der Waals surface area contributed by atoms with Crippen molar-refractivity contribution in [1.29, 1.82) is 0 Å². The zero-order valence-corrected chi connectivity index (χ0v) is 7.32. The summed E-state index contributed by atoms with van der Waals surface area (Å²) in [4.78, 5) is 0. The number of methoxy groups -OCH3 is 1. The molecule has 3 nitrogen and oxygen atoms in total. The minimum Gasteiger partial charge on any atom is -0.508 e. The van der Waals surface area contributed by atoms with Gasteiger partial charge in [0.2, 0.25) is 0 Å². The van der Waals surface area contributed by atoms with Crippen LogP contribution in [0.15, 0.2) is 24.3 Å². The van der Waals surface area contributed by atoms with Gasteiger partial charge in [-0.2, -0.15) is 0 Å². The summed E-state index contributed by atoms with van der Waals surface area (Å²) in [6.07, 6.45) is 0. The van der Waals surface area contributed by atoms with Gasteiger partial charge in [0, 0.05) is 14.2 Å². The van der Waals surface area contributed by atoms with Crippen molar-refractivity contribution < 1.29 is 14.9 Å². The zero-order chi connectivity index (χ0) is 9.40. The van der Waals surface area contributed by atoms with Crippen LogP contribution in [-0.4, -0.2) is 24.4 Å². The lowest BCUT2D eigenvalue weighted by Gasteiger charge is -1.93. The standard InChI is InChI=1S/C7H8O2.C2H6O.CH4/c8-5-6-1-3-7(9)4-2-6;1-3-2;/h1-4,8-9H,5H2;1-2H3;1H4. The molecule has 0 aliphatic carbocycles. The second kappa shape index (κ2) is 9.03. The molecular weight excluding hydrogens is 168 g/mol. The van der Waals surface area contributed by atoms with Gasteiger partial charge in [-0.15, -0.1) is 0 Å². The molecule has 0 bridgehead atoms. The Morgan fingerprint density at radius 3 is 1.85 bits per heavy atom. The van der Waals surface area contributed by atoms with Crippen LogP contribution in [0, 0.1) is 0 Å².